The van der Waals surface area contributed by atoms with E-state index in [1.54, 1.807) is 24.9 Å². The first-order valence-electron chi connectivity index (χ1n) is 6.30. The van der Waals surface area contributed by atoms with Gasteiger partial charge in [0.2, 0.25) is 0 Å². The second-order valence-electron chi connectivity index (χ2n) is 4.34. The molecule has 0 unspecified atom stereocenters. The molecule has 0 aliphatic heterocycles. The minimum atomic E-state index is 0.0225. The number of aromatic nitrogens is 2. The lowest BCUT2D eigenvalue weighted by Crippen LogP contribution is -2.05. The minimum absolute atomic E-state index is 0.0225. The van der Waals surface area contributed by atoms with Crippen molar-refractivity contribution in [2.24, 2.45) is 0 Å². The third kappa shape index (κ3) is 3.34. The molecule has 0 saturated heterocycles. The average Bonchev–Trinajstić information content (AvgIpc) is 3.02. The zero-order chi connectivity index (χ0) is 14.5. The fourth-order valence-corrected chi connectivity index (χ4v) is 3.85. The zero-order valence-corrected chi connectivity index (χ0v) is 13.2. The summed E-state index contributed by atoms with van der Waals surface area (Å²) in [4.78, 5) is 17.1. The van der Waals surface area contributed by atoms with Gasteiger partial charge in [0.1, 0.15) is 5.00 Å². The van der Waals surface area contributed by atoms with E-state index in [2.05, 4.69) is 10.3 Å². The Bertz CT molecular complexity index is 577. The first-order valence-corrected chi connectivity index (χ1v) is 8.34. The van der Waals surface area contributed by atoms with Crippen molar-refractivity contribution in [2.45, 2.75) is 24.8 Å². The standard InChI is InChI=1S/C13H18N4OS2/c1-9(18)11-10(14)12(19-2)13(20-11)16-4-3-6-17-7-5-15-8-17/h5,7-8,16H,3-4,6,14H2,1-2H3. The van der Waals surface area contributed by atoms with Gasteiger partial charge in [-0.1, -0.05) is 0 Å². The van der Waals surface area contributed by atoms with E-state index < -0.39 is 0 Å². The number of aryl methyl sites for hydroxylation is 1. The number of Topliss-reactive ketones (excluding diaryl/α,β-unsaturated/α-hetero) is 1. The van der Waals surface area contributed by atoms with Gasteiger partial charge in [-0.25, -0.2) is 4.98 Å². The SMILES string of the molecule is CSc1c(NCCCn2ccnc2)sc(C(C)=O)c1N. The van der Waals surface area contributed by atoms with Crippen LogP contribution in [0.2, 0.25) is 0 Å². The van der Waals surface area contributed by atoms with Crippen LogP contribution in [-0.4, -0.2) is 28.1 Å². The molecule has 0 spiro atoms. The highest BCUT2D eigenvalue weighted by Gasteiger charge is 2.17. The average molecular weight is 310 g/mol. The Kier molecular flexibility index (Phi) is 5.08. The molecule has 108 valence electrons. The highest BCUT2D eigenvalue weighted by Crippen LogP contribution is 2.41. The number of thioether (sulfide) groups is 1. The van der Waals surface area contributed by atoms with Crippen molar-refractivity contribution in [1.29, 1.82) is 0 Å². The van der Waals surface area contributed by atoms with E-state index in [1.807, 2.05) is 23.3 Å². The van der Waals surface area contributed by atoms with Crippen molar-refractivity contribution < 1.29 is 4.79 Å². The molecule has 2 heterocycles. The first-order chi connectivity index (χ1) is 9.63. The Morgan fingerprint density at radius 1 is 1.60 bits per heavy atom. The summed E-state index contributed by atoms with van der Waals surface area (Å²) in [6, 6.07) is 0. The van der Waals surface area contributed by atoms with Crippen LogP contribution in [0.25, 0.3) is 0 Å². The van der Waals surface area contributed by atoms with Crippen LogP contribution >= 0.6 is 23.1 Å². The Balaban J connectivity index is 1.95. The van der Waals surface area contributed by atoms with Gasteiger partial charge in [0.15, 0.2) is 5.78 Å². The second-order valence-corrected chi connectivity index (χ2v) is 6.18. The summed E-state index contributed by atoms with van der Waals surface area (Å²) in [7, 11) is 0. The maximum absolute atomic E-state index is 11.5. The molecule has 3 N–H and O–H groups in total. The monoisotopic (exact) mass is 310 g/mol. The molecule has 7 heteroatoms. The molecular weight excluding hydrogens is 292 g/mol. The Hall–Kier alpha value is -1.47. The Morgan fingerprint density at radius 2 is 2.40 bits per heavy atom. The third-order valence-corrected chi connectivity index (χ3v) is 5.09. The van der Waals surface area contributed by atoms with Gasteiger partial charge in [-0.05, 0) is 12.7 Å². The van der Waals surface area contributed by atoms with Crippen LogP contribution < -0.4 is 11.1 Å². The van der Waals surface area contributed by atoms with Gasteiger partial charge in [-0.2, -0.15) is 0 Å². The summed E-state index contributed by atoms with van der Waals surface area (Å²) in [5, 5.41) is 4.37. The lowest BCUT2D eigenvalue weighted by molar-refractivity contribution is 0.102. The topological polar surface area (TPSA) is 72.9 Å². The molecule has 0 fully saturated rings. The summed E-state index contributed by atoms with van der Waals surface area (Å²) in [5.74, 6) is 0.0225. The van der Waals surface area contributed by atoms with E-state index in [-0.39, 0.29) is 5.78 Å². The number of hydrogen-bond donors (Lipinski definition) is 2. The zero-order valence-electron chi connectivity index (χ0n) is 11.5. The van der Waals surface area contributed by atoms with Crippen LogP contribution in [0.3, 0.4) is 0 Å². The molecule has 0 aliphatic rings. The number of nitrogens with two attached hydrogens (primary N) is 1. The summed E-state index contributed by atoms with van der Waals surface area (Å²) >= 11 is 3.01. The van der Waals surface area contributed by atoms with Crippen molar-refractivity contribution in [3.05, 3.63) is 23.6 Å². The van der Waals surface area contributed by atoms with Crippen molar-refractivity contribution in [3.63, 3.8) is 0 Å². The van der Waals surface area contributed by atoms with E-state index in [4.69, 9.17) is 5.73 Å². The molecule has 2 aromatic heterocycles. The maximum Gasteiger partial charge on any atom is 0.171 e. The summed E-state index contributed by atoms with van der Waals surface area (Å²) in [6.45, 7) is 3.31. The predicted octanol–water partition coefficient (Wildman–Crippen LogP) is 2.95. The molecule has 0 aliphatic carbocycles. The van der Waals surface area contributed by atoms with Gasteiger partial charge in [0.05, 0.1) is 21.8 Å². The number of carbonyl (C=O) groups is 1. The third-order valence-electron chi connectivity index (χ3n) is 2.86. The number of hydrogen-bond acceptors (Lipinski definition) is 6. The van der Waals surface area contributed by atoms with Gasteiger partial charge < -0.3 is 15.6 Å². The molecule has 2 rings (SSSR count). The molecule has 5 nitrogen and oxygen atoms in total. The molecule has 2 aromatic rings. The highest BCUT2D eigenvalue weighted by molar-refractivity contribution is 7.99. The Labute approximate surface area is 126 Å². The number of anilines is 2. The van der Waals surface area contributed by atoms with Crippen LogP contribution in [-0.2, 0) is 6.54 Å². The van der Waals surface area contributed by atoms with Gasteiger partial charge in [-0.3, -0.25) is 4.79 Å². The van der Waals surface area contributed by atoms with Crippen molar-refractivity contribution in [3.8, 4) is 0 Å². The van der Waals surface area contributed by atoms with E-state index in [9.17, 15) is 4.79 Å². The van der Waals surface area contributed by atoms with Crippen LogP contribution in [0.4, 0.5) is 10.7 Å². The largest absolute Gasteiger partial charge is 0.396 e. The fraction of sp³-hybridized carbons (Fsp3) is 0.385. The van der Waals surface area contributed by atoms with Crippen LogP contribution in [0.15, 0.2) is 23.6 Å². The molecule has 0 saturated carbocycles. The summed E-state index contributed by atoms with van der Waals surface area (Å²) in [6.07, 6.45) is 8.49. The normalized spacial score (nSPS) is 10.7. The second kappa shape index (κ2) is 6.81. The number of nitrogen functional groups attached to an aromatic ring is 1. The number of imidazole rings is 1. The predicted molar refractivity (Wildman–Crippen MR) is 85.9 cm³/mol. The van der Waals surface area contributed by atoms with Crippen molar-refractivity contribution in [2.75, 3.05) is 23.9 Å². The van der Waals surface area contributed by atoms with Crippen molar-refractivity contribution in [1.82, 2.24) is 9.55 Å². The molecule has 0 atom stereocenters. The molecule has 0 amide bonds. The van der Waals surface area contributed by atoms with Gasteiger partial charge >= 0.3 is 0 Å². The van der Waals surface area contributed by atoms with E-state index in [1.165, 1.54) is 11.3 Å². The minimum Gasteiger partial charge on any atom is -0.396 e. The van der Waals surface area contributed by atoms with Gasteiger partial charge in [0.25, 0.3) is 0 Å². The summed E-state index contributed by atoms with van der Waals surface area (Å²) < 4.78 is 2.04. The molecule has 0 bridgehead atoms. The molecule has 0 aromatic carbocycles. The van der Waals surface area contributed by atoms with Crippen LogP contribution in [0.5, 0.6) is 0 Å². The smallest absolute Gasteiger partial charge is 0.171 e. The quantitative estimate of drug-likeness (QED) is 0.467. The lowest BCUT2D eigenvalue weighted by atomic mass is 10.3. The lowest BCUT2D eigenvalue weighted by Gasteiger charge is -2.06. The van der Waals surface area contributed by atoms with Gasteiger partial charge in [-0.15, -0.1) is 23.1 Å². The number of ketones is 1. The van der Waals surface area contributed by atoms with Crippen molar-refractivity contribution >= 4 is 39.6 Å². The molecule has 20 heavy (non-hydrogen) atoms. The number of nitrogens with one attached hydrogen (secondary N) is 1. The highest BCUT2D eigenvalue weighted by atomic mass is 32.2. The van der Waals surface area contributed by atoms with Crippen LogP contribution in [0.1, 0.15) is 23.0 Å². The summed E-state index contributed by atoms with van der Waals surface area (Å²) in [5.41, 5.74) is 6.62. The fourth-order valence-electron chi connectivity index (χ4n) is 1.89. The Morgan fingerprint density at radius 3 is 3.00 bits per heavy atom. The van der Waals surface area contributed by atoms with Gasteiger partial charge in [0, 0.05) is 32.4 Å². The van der Waals surface area contributed by atoms with E-state index >= 15 is 0 Å². The first kappa shape index (κ1) is 14.9. The number of carbonyl (C=O) groups excluding carboxylic acids is 1. The molecular formula is C13H18N4OS2. The van der Waals surface area contributed by atoms with E-state index in [0.717, 1.165) is 29.4 Å². The number of rotatable bonds is 7. The molecule has 0 radical (unpaired) electrons. The van der Waals surface area contributed by atoms with E-state index in [0.29, 0.717) is 10.6 Å². The maximum atomic E-state index is 11.5. The number of nitrogens with zero attached hydrogens (tertiary/aromatic N) is 2. The number of thiophene rings is 1. The van der Waals surface area contributed by atoms with Crippen LogP contribution in [0, 0.1) is 0 Å².